The zero-order valence-electron chi connectivity index (χ0n) is 20.3. The molecule has 0 heterocycles. The second kappa shape index (κ2) is 10.5. The number of aromatic carboxylic acids is 1. The molecule has 1 N–H and O–H groups in total. The summed E-state index contributed by atoms with van der Waals surface area (Å²) in [7, 11) is -4.57. The second-order valence-electron chi connectivity index (χ2n) is 9.10. The van der Waals surface area contributed by atoms with Crippen LogP contribution in [0.4, 0.5) is 18.9 Å². The fraction of sp³-hybridized carbons (Fsp3) is 0.296. The molecule has 0 aromatic heterocycles. The standard InChI is InChI=1S/C27H26F3NO5S/c1-16-8-20(27(32)33)6-7-21(16)15-36-26-10-19-5-3-4-18(19)9-25(26)31(14-17(2)28)37(34,35)24-12-22(29)11-23(30)13-24/h6-13,17H,3-5,14-15H2,1-2H3,(H,32,33). The average Bonchev–Trinajstić information content (AvgIpc) is 3.27. The smallest absolute Gasteiger partial charge is 0.335 e. The summed E-state index contributed by atoms with van der Waals surface area (Å²) in [6.45, 7) is 2.32. The maximum absolute atomic E-state index is 14.3. The molecule has 0 fully saturated rings. The van der Waals surface area contributed by atoms with Crippen LogP contribution in [0.5, 0.6) is 5.75 Å². The van der Waals surface area contributed by atoms with Crippen molar-refractivity contribution >= 4 is 21.7 Å². The topological polar surface area (TPSA) is 83.9 Å². The molecule has 0 saturated carbocycles. The highest BCUT2D eigenvalue weighted by molar-refractivity contribution is 7.92. The third kappa shape index (κ3) is 5.74. The number of alkyl halides is 1. The molecule has 10 heteroatoms. The number of rotatable bonds is 9. The first-order chi connectivity index (χ1) is 17.5. The average molecular weight is 534 g/mol. The minimum absolute atomic E-state index is 0.00875. The van der Waals surface area contributed by atoms with Gasteiger partial charge in [-0.2, -0.15) is 0 Å². The van der Waals surface area contributed by atoms with Crippen molar-refractivity contribution in [3.8, 4) is 5.75 Å². The fourth-order valence-corrected chi connectivity index (χ4v) is 5.99. The number of benzene rings is 3. The van der Waals surface area contributed by atoms with Crippen LogP contribution < -0.4 is 9.04 Å². The molecule has 3 aromatic carbocycles. The third-order valence-electron chi connectivity index (χ3n) is 6.26. The van der Waals surface area contributed by atoms with Gasteiger partial charge in [0.25, 0.3) is 10.0 Å². The molecule has 0 radical (unpaired) electrons. The molecule has 0 bridgehead atoms. The zero-order chi connectivity index (χ0) is 26.9. The number of ether oxygens (including phenoxy) is 1. The van der Waals surface area contributed by atoms with Crippen molar-refractivity contribution in [2.24, 2.45) is 0 Å². The number of hydrogen-bond donors (Lipinski definition) is 1. The largest absolute Gasteiger partial charge is 0.487 e. The number of carboxylic acids is 1. The van der Waals surface area contributed by atoms with Gasteiger partial charge in [-0.3, -0.25) is 4.31 Å². The third-order valence-corrected chi connectivity index (χ3v) is 8.01. The molecule has 1 unspecified atom stereocenters. The van der Waals surface area contributed by atoms with Gasteiger partial charge < -0.3 is 9.84 Å². The number of aryl methyl sites for hydroxylation is 3. The maximum atomic E-state index is 14.3. The molecule has 4 rings (SSSR count). The number of anilines is 1. The molecule has 3 aromatic rings. The van der Waals surface area contributed by atoms with E-state index in [9.17, 15) is 31.5 Å². The number of carboxylic acid groups (broad SMARTS) is 1. The summed E-state index contributed by atoms with van der Waals surface area (Å²) in [5, 5.41) is 9.20. The summed E-state index contributed by atoms with van der Waals surface area (Å²) in [6, 6.07) is 9.85. The van der Waals surface area contributed by atoms with E-state index in [4.69, 9.17) is 4.74 Å². The monoisotopic (exact) mass is 533 g/mol. The highest BCUT2D eigenvalue weighted by Crippen LogP contribution is 2.39. The van der Waals surface area contributed by atoms with Gasteiger partial charge >= 0.3 is 5.97 Å². The molecule has 0 amide bonds. The molecule has 6 nitrogen and oxygen atoms in total. The first-order valence-electron chi connectivity index (χ1n) is 11.7. The molecule has 0 spiro atoms. The van der Waals surface area contributed by atoms with E-state index in [1.54, 1.807) is 25.1 Å². The van der Waals surface area contributed by atoms with Crippen molar-refractivity contribution in [1.29, 1.82) is 0 Å². The Hall–Kier alpha value is -3.53. The van der Waals surface area contributed by atoms with E-state index in [1.807, 2.05) is 0 Å². The van der Waals surface area contributed by atoms with Crippen molar-refractivity contribution in [3.05, 3.63) is 88.0 Å². The Bertz CT molecular complexity index is 1440. The quantitative estimate of drug-likeness (QED) is 0.388. The zero-order valence-corrected chi connectivity index (χ0v) is 21.1. The first-order valence-corrected chi connectivity index (χ1v) is 13.1. The van der Waals surface area contributed by atoms with E-state index in [0.29, 0.717) is 35.7 Å². The van der Waals surface area contributed by atoms with Crippen LogP contribution in [0.15, 0.2) is 53.4 Å². The highest BCUT2D eigenvalue weighted by Gasteiger charge is 2.31. The number of nitrogens with zero attached hydrogens (tertiary/aromatic N) is 1. The van der Waals surface area contributed by atoms with E-state index in [1.165, 1.54) is 19.1 Å². The minimum atomic E-state index is -4.57. The van der Waals surface area contributed by atoms with Crippen molar-refractivity contribution in [2.75, 3.05) is 10.8 Å². The number of carbonyl (C=O) groups is 1. The predicted octanol–water partition coefficient (Wildman–Crippen LogP) is 5.59. The van der Waals surface area contributed by atoms with Crippen LogP contribution in [0.2, 0.25) is 0 Å². The predicted molar refractivity (Wildman–Crippen MR) is 132 cm³/mol. The number of halogens is 3. The van der Waals surface area contributed by atoms with Gasteiger partial charge in [0, 0.05) is 6.07 Å². The van der Waals surface area contributed by atoms with Crippen LogP contribution in [-0.4, -0.2) is 32.2 Å². The van der Waals surface area contributed by atoms with Crippen LogP contribution in [0, 0.1) is 18.6 Å². The molecule has 0 saturated heterocycles. The van der Waals surface area contributed by atoms with Gasteiger partial charge in [0.05, 0.1) is 22.7 Å². The Morgan fingerprint density at radius 2 is 1.70 bits per heavy atom. The van der Waals surface area contributed by atoms with Crippen LogP contribution in [0.25, 0.3) is 0 Å². The Kier molecular flexibility index (Phi) is 7.49. The van der Waals surface area contributed by atoms with E-state index in [2.05, 4.69) is 0 Å². The van der Waals surface area contributed by atoms with Crippen molar-refractivity contribution in [1.82, 2.24) is 0 Å². The van der Waals surface area contributed by atoms with Crippen LogP contribution in [0.3, 0.4) is 0 Å². The van der Waals surface area contributed by atoms with Gasteiger partial charge in [0.2, 0.25) is 0 Å². The highest BCUT2D eigenvalue weighted by atomic mass is 32.2. The lowest BCUT2D eigenvalue weighted by Gasteiger charge is -2.28. The van der Waals surface area contributed by atoms with E-state index >= 15 is 0 Å². The van der Waals surface area contributed by atoms with Crippen LogP contribution in [0.1, 0.15) is 46.0 Å². The van der Waals surface area contributed by atoms with E-state index < -0.39 is 45.2 Å². The van der Waals surface area contributed by atoms with Crippen molar-refractivity contribution in [3.63, 3.8) is 0 Å². The molecular formula is C27H26F3NO5S. The second-order valence-corrected chi connectivity index (χ2v) is 11.0. The van der Waals surface area contributed by atoms with Gasteiger partial charge in [-0.1, -0.05) is 6.07 Å². The summed E-state index contributed by atoms with van der Waals surface area (Å²) in [4.78, 5) is 10.6. The maximum Gasteiger partial charge on any atom is 0.335 e. The molecular weight excluding hydrogens is 507 g/mol. The van der Waals surface area contributed by atoms with Crippen LogP contribution >= 0.6 is 0 Å². The molecule has 1 aliphatic rings. The van der Waals surface area contributed by atoms with Crippen molar-refractivity contribution < 1.29 is 36.2 Å². The van der Waals surface area contributed by atoms with E-state index in [-0.39, 0.29) is 23.6 Å². The fourth-order valence-electron chi connectivity index (χ4n) is 4.40. The Morgan fingerprint density at radius 3 is 2.30 bits per heavy atom. The Morgan fingerprint density at radius 1 is 1.05 bits per heavy atom. The van der Waals surface area contributed by atoms with Gasteiger partial charge in [-0.15, -0.1) is 0 Å². The molecule has 37 heavy (non-hydrogen) atoms. The summed E-state index contributed by atoms with van der Waals surface area (Å²) in [5.41, 5.74) is 3.39. The first kappa shape index (κ1) is 26.5. The van der Waals surface area contributed by atoms with Crippen LogP contribution in [-0.2, 0) is 29.5 Å². The molecule has 196 valence electrons. The lowest BCUT2D eigenvalue weighted by Crippen LogP contribution is -2.36. The molecule has 0 aliphatic heterocycles. The van der Waals surface area contributed by atoms with E-state index in [0.717, 1.165) is 28.3 Å². The Labute approximate surface area is 213 Å². The normalized spacial score (nSPS) is 13.8. The Balaban J connectivity index is 1.78. The lowest BCUT2D eigenvalue weighted by molar-refractivity contribution is 0.0696. The summed E-state index contributed by atoms with van der Waals surface area (Å²) >= 11 is 0. The molecule has 1 atom stereocenters. The number of hydrogen-bond acceptors (Lipinski definition) is 4. The van der Waals surface area contributed by atoms with Gasteiger partial charge in [-0.05, 0) is 91.8 Å². The lowest BCUT2D eigenvalue weighted by atomic mass is 10.1. The molecule has 1 aliphatic carbocycles. The summed E-state index contributed by atoms with van der Waals surface area (Å²) in [5.74, 6) is -3.04. The van der Waals surface area contributed by atoms with Gasteiger partial charge in [-0.25, -0.2) is 26.4 Å². The SMILES string of the molecule is Cc1cc(C(=O)O)ccc1COc1cc2c(cc1N(CC(C)F)S(=O)(=O)c1cc(F)cc(F)c1)CCC2. The number of fused-ring (bicyclic) bond motifs is 1. The van der Waals surface area contributed by atoms with Crippen molar-refractivity contribution in [2.45, 2.75) is 50.8 Å². The minimum Gasteiger partial charge on any atom is -0.487 e. The summed E-state index contributed by atoms with van der Waals surface area (Å²) < 4.78 is 76.1. The number of sulfonamides is 1. The van der Waals surface area contributed by atoms with Gasteiger partial charge in [0.1, 0.15) is 30.2 Å². The van der Waals surface area contributed by atoms with Gasteiger partial charge in [0.15, 0.2) is 0 Å². The summed E-state index contributed by atoms with van der Waals surface area (Å²) in [6.07, 6.45) is 0.723.